The highest BCUT2D eigenvalue weighted by Crippen LogP contribution is 2.27. The molecule has 2 aromatic rings. The number of nitrogens with zero attached hydrogens (tertiary/aromatic N) is 5. The van der Waals surface area contributed by atoms with Crippen molar-refractivity contribution >= 4 is 10.0 Å². The van der Waals surface area contributed by atoms with Gasteiger partial charge >= 0.3 is 0 Å². The van der Waals surface area contributed by atoms with Crippen LogP contribution in [0.3, 0.4) is 0 Å². The van der Waals surface area contributed by atoms with E-state index in [4.69, 9.17) is 0 Å². The Labute approximate surface area is 142 Å². The summed E-state index contributed by atoms with van der Waals surface area (Å²) in [5, 5.41) is 4.32. The third-order valence-corrected chi connectivity index (χ3v) is 5.64. The summed E-state index contributed by atoms with van der Waals surface area (Å²) in [6.45, 7) is 5.22. The van der Waals surface area contributed by atoms with Crippen molar-refractivity contribution in [3.63, 3.8) is 0 Å². The molecule has 0 bridgehead atoms. The zero-order valence-electron chi connectivity index (χ0n) is 14.3. The quantitative estimate of drug-likeness (QED) is 0.844. The van der Waals surface area contributed by atoms with E-state index in [9.17, 15) is 8.42 Å². The standard InChI is InChI=1S/C16H23N5O2S/c1-12(2)21-11-14(7-19-21)16-9-17-15(8-18-16)13-5-4-6-20(10-13)24(3,22)23/h7-9,11-13H,4-6,10H2,1-3H3/t13-/m1/s1. The molecule has 130 valence electrons. The first-order valence-electron chi connectivity index (χ1n) is 8.16. The molecule has 7 nitrogen and oxygen atoms in total. The van der Waals surface area contributed by atoms with Crippen LogP contribution in [0.1, 0.15) is 44.3 Å². The number of sulfonamides is 1. The first-order valence-corrected chi connectivity index (χ1v) is 10.0. The predicted octanol–water partition coefficient (Wildman–Crippen LogP) is 2.06. The Morgan fingerprint density at radius 2 is 2.00 bits per heavy atom. The lowest BCUT2D eigenvalue weighted by Crippen LogP contribution is -2.38. The lowest BCUT2D eigenvalue weighted by molar-refractivity contribution is 0.314. The maximum atomic E-state index is 11.7. The Balaban J connectivity index is 1.76. The number of aromatic nitrogens is 4. The highest BCUT2D eigenvalue weighted by atomic mass is 32.2. The molecular weight excluding hydrogens is 326 g/mol. The molecule has 3 heterocycles. The predicted molar refractivity (Wildman–Crippen MR) is 92.0 cm³/mol. The van der Waals surface area contributed by atoms with Gasteiger partial charge in [0.1, 0.15) is 0 Å². The van der Waals surface area contributed by atoms with E-state index in [1.54, 1.807) is 18.6 Å². The van der Waals surface area contributed by atoms with Crippen molar-refractivity contribution in [2.45, 2.75) is 38.6 Å². The van der Waals surface area contributed by atoms with Crippen molar-refractivity contribution in [3.8, 4) is 11.3 Å². The molecule has 24 heavy (non-hydrogen) atoms. The smallest absolute Gasteiger partial charge is 0.211 e. The molecule has 0 N–H and O–H groups in total. The topological polar surface area (TPSA) is 81.0 Å². The van der Waals surface area contributed by atoms with Crippen LogP contribution in [0, 0.1) is 0 Å². The van der Waals surface area contributed by atoms with E-state index in [1.165, 1.54) is 10.6 Å². The molecule has 0 amide bonds. The fraction of sp³-hybridized carbons (Fsp3) is 0.562. The van der Waals surface area contributed by atoms with Gasteiger partial charge in [0.05, 0.1) is 30.0 Å². The van der Waals surface area contributed by atoms with Gasteiger partial charge in [0, 0.05) is 43.0 Å². The van der Waals surface area contributed by atoms with Crippen molar-refractivity contribution in [2.24, 2.45) is 0 Å². The van der Waals surface area contributed by atoms with Crippen LogP contribution < -0.4 is 0 Å². The van der Waals surface area contributed by atoms with Crippen molar-refractivity contribution in [1.82, 2.24) is 24.1 Å². The third-order valence-electron chi connectivity index (χ3n) is 4.37. The van der Waals surface area contributed by atoms with Gasteiger partial charge in [0.15, 0.2) is 0 Å². The fourth-order valence-electron chi connectivity index (χ4n) is 2.94. The lowest BCUT2D eigenvalue weighted by atomic mass is 9.96. The van der Waals surface area contributed by atoms with Crippen LogP contribution in [0.25, 0.3) is 11.3 Å². The van der Waals surface area contributed by atoms with E-state index >= 15 is 0 Å². The molecule has 8 heteroatoms. The maximum absolute atomic E-state index is 11.7. The van der Waals surface area contributed by atoms with Gasteiger partial charge in [-0.05, 0) is 26.7 Å². The van der Waals surface area contributed by atoms with Crippen LogP contribution in [-0.2, 0) is 10.0 Å². The molecule has 0 saturated carbocycles. The Bertz CT molecular complexity index is 798. The van der Waals surface area contributed by atoms with Crippen molar-refractivity contribution in [2.75, 3.05) is 19.3 Å². The van der Waals surface area contributed by atoms with Gasteiger partial charge in [-0.3, -0.25) is 14.6 Å². The zero-order valence-corrected chi connectivity index (χ0v) is 15.1. The average Bonchev–Trinajstić information content (AvgIpc) is 3.05. The third kappa shape index (κ3) is 3.64. The van der Waals surface area contributed by atoms with Gasteiger partial charge in [-0.25, -0.2) is 12.7 Å². The molecule has 0 radical (unpaired) electrons. The lowest BCUT2D eigenvalue weighted by Gasteiger charge is -2.30. The van der Waals surface area contributed by atoms with Gasteiger partial charge in [-0.15, -0.1) is 0 Å². The summed E-state index contributed by atoms with van der Waals surface area (Å²) in [5.41, 5.74) is 2.56. The Kier molecular flexibility index (Phi) is 4.69. The van der Waals surface area contributed by atoms with Gasteiger partial charge in [-0.2, -0.15) is 5.10 Å². The minimum Gasteiger partial charge on any atom is -0.270 e. The van der Waals surface area contributed by atoms with Gasteiger partial charge in [0.25, 0.3) is 0 Å². The van der Waals surface area contributed by atoms with Crippen molar-refractivity contribution < 1.29 is 8.42 Å². The molecule has 1 fully saturated rings. The van der Waals surface area contributed by atoms with E-state index < -0.39 is 10.0 Å². The van der Waals surface area contributed by atoms with Gasteiger partial charge < -0.3 is 0 Å². The van der Waals surface area contributed by atoms with E-state index in [-0.39, 0.29) is 5.92 Å². The Hall–Kier alpha value is -1.80. The van der Waals surface area contributed by atoms with Crippen LogP contribution in [0.4, 0.5) is 0 Å². The van der Waals surface area contributed by atoms with Crippen LogP contribution in [0.5, 0.6) is 0 Å². The second-order valence-corrected chi connectivity index (χ2v) is 8.57. The largest absolute Gasteiger partial charge is 0.270 e. The Morgan fingerprint density at radius 3 is 2.58 bits per heavy atom. The highest BCUT2D eigenvalue weighted by Gasteiger charge is 2.27. The number of hydrogen-bond acceptors (Lipinski definition) is 5. The number of rotatable bonds is 4. The molecule has 1 aliphatic rings. The van der Waals surface area contributed by atoms with Crippen LogP contribution in [0.15, 0.2) is 24.8 Å². The molecule has 0 aromatic carbocycles. The number of hydrogen-bond donors (Lipinski definition) is 0. The van der Waals surface area contributed by atoms with Crippen LogP contribution >= 0.6 is 0 Å². The fourth-order valence-corrected chi connectivity index (χ4v) is 3.85. The molecule has 0 aliphatic carbocycles. The molecule has 0 unspecified atom stereocenters. The second kappa shape index (κ2) is 6.60. The van der Waals surface area contributed by atoms with E-state index in [0.29, 0.717) is 19.1 Å². The van der Waals surface area contributed by atoms with Crippen LogP contribution in [-0.4, -0.2) is 51.8 Å². The summed E-state index contributed by atoms with van der Waals surface area (Å²) in [4.78, 5) is 9.03. The van der Waals surface area contributed by atoms with Crippen LogP contribution in [0.2, 0.25) is 0 Å². The average molecular weight is 349 g/mol. The molecule has 2 aromatic heterocycles. The number of piperidine rings is 1. The Morgan fingerprint density at radius 1 is 1.21 bits per heavy atom. The first kappa shape index (κ1) is 17.0. The first-order chi connectivity index (χ1) is 11.3. The molecular formula is C16H23N5O2S. The molecule has 1 atom stereocenters. The summed E-state index contributed by atoms with van der Waals surface area (Å²) < 4.78 is 26.9. The zero-order chi connectivity index (χ0) is 17.3. The molecule has 1 aliphatic heterocycles. The minimum absolute atomic E-state index is 0.105. The second-order valence-electron chi connectivity index (χ2n) is 6.59. The summed E-state index contributed by atoms with van der Waals surface area (Å²) in [6.07, 6.45) is 10.3. The summed E-state index contributed by atoms with van der Waals surface area (Å²) in [5.74, 6) is 0.105. The maximum Gasteiger partial charge on any atom is 0.211 e. The monoisotopic (exact) mass is 349 g/mol. The molecule has 1 saturated heterocycles. The van der Waals surface area contributed by atoms with E-state index in [2.05, 4.69) is 28.9 Å². The highest BCUT2D eigenvalue weighted by molar-refractivity contribution is 7.88. The SMILES string of the molecule is CC(C)n1cc(-c2cnc([C@@H]3CCCN(S(C)(=O)=O)C3)cn2)cn1. The van der Waals surface area contributed by atoms with E-state index in [0.717, 1.165) is 29.8 Å². The summed E-state index contributed by atoms with van der Waals surface area (Å²) >= 11 is 0. The van der Waals surface area contributed by atoms with Crippen molar-refractivity contribution in [3.05, 3.63) is 30.5 Å². The van der Waals surface area contributed by atoms with Gasteiger partial charge in [-0.1, -0.05) is 0 Å². The molecule has 0 spiro atoms. The van der Waals surface area contributed by atoms with Crippen molar-refractivity contribution in [1.29, 1.82) is 0 Å². The van der Waals surface area contributed by atoms with E-state index in [1.807, 2.05) is 10.9 Å². The summed E-state index contributed by atoms with van der Waals surface area (Å²) in [7, 11) is -3.15. The summed E-state index contributed by atoms with van der Waals surface area (Å²) in [6, 6.07) is 0.301. The minimum atomic E-state index is -3.15. The normalized spacial score (nSPS) is 19.8. The van der Waals surface area contributed by atoms with Gasteiger partial charge in [0.2, 0.25) is 10.0 Å². The molecule has 3 rings (SSSR count).